The molecular weight excluding hydrogens is 415 g/mol. The van der Waals surface area contributed by atoms with E-state index < -0.39 is 11.7 Å². The van der Waals surface area contributed by atoms with E-state index in [0.717, 1.165) is 12.3 Å². The quantitative estimate of drug-likeness (QED) is 0.488. The highest BCUT2D eigenvalue weighted by Gasteiger charge is 2.30. The molecule has 0 amide bonds. The van der Waals surface area contributed by atoms with Crippen LogP contribution < -0.4 is 14.9 Å². The molecule has 0 spiro atoms. The van der Waals surface area contributed by atoms with E-state index in [-0.39, 0.29) is 5.82 Å². The van der Waals surface area contributed by atoms with Crippen LogP contribution in [0.5, 0.6) is 11.5 Å². The van der Waals surface area contributed by atoms with E-state index in [4.69, 9.17) is 9.47 Å². The summed E-state index contributed by atoms with van der Waals surface area (Å²) in [5.41, 5.74) is 2.48. The average Bonchev–Trinajstić information content (AvgIpc) is 2.58. The van der Waals surface area contributed by atoms with Crippen LogP contribution in [0, 0.1) is 0 Å². The lowest BCUT2D eigenvalue weighted by Gasteiger charge is -2.13. The van der Waals surface area contributed by atoms with Gasteiger partial charge in [0.25, 0.3) is 0 Å². The van der Waals surface area contributed by atoms with Crippen molar-refractivity contribution in [3.8, 4) is 11.5 Å². The maximum absolute atomic E-state index is 12.5. The van der Waals surface area contributed by atoms with Gasteiger partial charge in [-0.15, -0.1) is 0 Å². The second-order valence-corrected chi connectivity index (χ2v) is 5.85. The molecule has 0 aliphatic carbocycles. The molecule has 0 fully saturated rings. The van der Waals surface area contributed by atoms with Crippen LogP contribution in [-0.2, 0) is 6.18 Å². The number of hydrazone groups is 1. The first-order valence-electron chi connectivity index (χ1n) is 7.76. The van der Waals surface area contributed by atoms with Crippen LogP contribution in [0.2, 0.25) is 0 Å². The maximum atomic E-state index is 12.5. The van der Waals surface area contributed by atoms with E-state index in [2.05, 4.69) is 31.4 Å². The van der Waals surface area contributed by atoms with Gasteiger partial charge >= 0.3 is 6.18 Å². The number of aromatic nitrogens is 1. The van der Waals surface area contributed by atoms with Crippen LogP contribution in [0.4, 0.5) is 19.0 Å². The van der Waals surface area contributed by atoms with Crippen LogP contribution >= 0.6 is 15.9 Å². The van der Waals surface area contributed by atoms with E-state index in [1.165, 1.54) is 12.3 Å². The van der Waals surface area contributed by atoms with Crippen molar-refractivity contribution in [1.82, 2.24) is 4.98 Å². The van der Waals surface area contributed by atoms with Crippen molar-refractivity contribution in [2.75, 3.05) is 18.6 Å². The normalized spacial score (nSPS) is 11.6. The molecule has 0 aliphatic rings. The molecule has 2 aromatic rings. The van der Waals surface area contributed by atoms with Crippen molar-refractivity contribution in [3.05, 3.63) is 46.1 Å². The second kappa shape index (κ2) is 8.88. The summed E-state index contributed by atoms with van der Waals surface area (Å²) in [6.07, 6.45) is -2.17. The summed E-state index contributed by atoms with van der Waals surface area (Å²) in [6.45, 7) is 4.70. The summed E-state index contributed by atoms with van der Waals surface area (Å²) in [5, 5.41) is 3.99. The zero-order chi connectivity index (χ0) is 19.2. The highest BCUT2D eigenvalue weighted by molar-refractivity contribution is 9.10. The molecule has 0 saturated carbocycles. The first-order valence-corrected chi connectivity index (χ1v) is 8.56. The third-order valence-corrected chi connectivity index (χ3v) is 3.69. The maximum Gasteiger partial charge on any atom is 0.417 e. The Labute approximate surface area is 157 Å². The van der Waals surface area contributed by atoms with Gasteiger partial charge in [0.05, 0.1) is 29.5 Å². The number of rotatable bonds is 7. The predicted molar refractivity (Wildman–Crippen MR) is 96.9 cm³/mol. The number of anilines is 1. The second-order valence-electron chi connectivity index (χ2n) is 5.00. The number of nitrogens with zero attached hydrogens (tertiary/aromatic N) is 2. The molecule has 0 unspecified atom stereocenters. The van der Waals surface area contributed by atoms with E-state index in [9.17, 15) is 13.2 Å². The van der Waals surface area contributed by atoms with Gasteiger partial charge in [-0.2, -0.15) is 18.3 Å². The number of hydrogen-bond acceptors (Lipinski definition) is 5. The topological polar surface area (TPSA) is 55.7 Å². The van der Waals surface area contributed by atoms with Crippen LogP contribution in [0.3, 0.4) is 0 Å². The predicted octanol–water partition coefficient (Wildman–Crippen LogP) is 5.11. The minimum absolute atomic E-state index is 0.198. The van der Waals surface area contributed by atoms with Crippen LogP contribution in [0.15, 0.2) is 40.0 Å². The number of alkyl halides is 3. The van der Waals surface area contributed by atoms with E-state index in [1.807, 2.05) is 13.8 Å². The average molecular weight is 432 g/mol. The van der Waals surface area contributed by atoms with Gasteiger partial charge in [-0.25, -0.2) is 4.98 Å². The van der Waals surface area contributed by atoms with Crippen LogP contribution in [-0.4, -0.2) is 24.4 Å². The van der Waals surface area contributed by atoms with E-state index in [1.54, 1.807) is 12.1 Å². The molecule has 0 radical (unpaired) electrons. The van der Waals surface area contributed by atoms with Crippen LogP contribution in [0.1, 0.15) is 25.0 Å². The molecule has 140 valence electrons. The summed E-state index contributed by atoms with van der Waals surface area (Å²) >= 11 is 3.43. The fraction of sp³-hybridized carbons (Fsp3) is 0.294. The molecule has 1 heterocycles. The lowest BCUT2D eigenvalue weighted by Crippen LogP contribution is -2.05. The molecular formula is C17H17BrF3N3O2. The largest absolute Gasteiger partial charge is 0.490 e. The molecule has 5 nitrogen and oxygen atoms in total. The van der Waals surface area contributed by atoms with Crippen molar-refractivity contribution in [2.24, 2.45) is 5.10 Å². The minimum atomic E-state index is -4.42. The Morgan fingerprint density at radius 1 is 1.19 bits per heavy atom. The van der Waals surface area contributed by atoms with Crippen molar-refractivity contribution in [1.29, 1.82) is 0 Å². The van der Waals surface area contributed by atoms with Gasteiger partial charge in [-0.3, -0.25) is 5.43 Å². The molecule has 1 N–H and O–H groups in total. The van der Waals surface area contributed by atoms with Gasteiger partial charge in [-0.05, 0) is 59.6 Å². The summed E-state index contributed by atoms with van der Waals surface area (Å²) in [7, 11) is 0. The molecule has 0 aliphatic heterocycles. The van der Waals surface area contributed by atoms with Gasteiger partial charge in [0, 0.05) is 6.20 Å². The SMILES string of the molecule is CCOc1cc(/C=N\Nc2ccc(C(F)(F)F)cn2)cc(Br)c1OCC. The molecule has 1 aromatic carbocycles. The van der Waals surface area contributed by atoms with Crippen molar-refractivity contribution in [2.45, 2.75) is 20.0 Å². The fourth-order valence-electron chi connectivity index (χ4n) is 2.01. The van der Waals surface area contributed by atoms with Gasteiger partial charge < -0.3 is 9.47 Å². The Balaban J connectivity index is 2.12. The fourth-order valence-corrected chi connectivity index (χ4v) is 2.58. The number of ether oxygens (including phenoxy) is 2. The molecule has 0 atom stereocenters. The Morgan fingerprint density at radius 3 is 2.50 bits per heavy atom. The number of halogens is 4. The first-order chi connectivity index (χ1) is 12.3. The van der Waals surface area contributed by atoms with Gasteiger partial charge in [-0.1, -0.05) is 0 Å². The third-order valence-electron chi connectivity index (χ3n) is 3.10. The summed E-state index contributed by atoms with van der Waals surface area (Å²) < 4.78 is 49.3. The lowest BCUT2D eigenvalue weighted by atomic mass is 10.2. The van der Waals surface area contributed by atoms with Gasteiger partial charge in [0.1, 0.15) is 5.82 Å². The van der Waals surface area contributed by atoms with E-state index in [0.29, 0.717) is 34.7 Å². The Morgan fingerprint density at radius 2 is 1.92 bits per heavy atom. The zero-order valence-corrected chi connectivity index (χ0v) is 15.7. The molecule has 2 rings (SSSR count). The lowest BCUT2D eigenvalue weighted by molar-refractivity contribution is -0.137. The molecule has 9 heteroatoms. The molecule has 0 bridgehead atoms. The standard InChI is InChI=1S/C17H17BrF3N3O2/c1-3-25-14-8-11(7-13(18)16(14)26-4-2)9-23-24-15-6-5-12(10-22-15)17(19,20)21/h5-10H,3-4H2,1-2H3,(H,22,24)/b23-9-. The summed E-state index contributed by atoms with van der Waals surface area (Å²) in [6, 6.07) is 5.69. The van der Waals surface area contributed by atoms with Crippen molar-refractivity contribution < 1.29 is 22.6 Å². The van der Waals surface area contributed by atoms with Crippen molar-refractivity contribution >= 4 is 28.0 Å². The number of nitrogens with one attached hydrogen (secondary N) is 1. The zero-order valence-electron chi connectivity index (χ0n) is 14.1. The third kappa shape index (κ3) is 5.35. The summed E-state index contributed by atoms with van der Waals surface area (Å²) in [4.78, 5) is 3.68. The Kier molecular flexibility index (Phi) is 6.84. The molecule has 1 aromatic heterocycles. The highest BCUT2D eigenvalue weighted by atomic mass is 79.9. The van der Waals surface area contributed by atoms with Gasteiger partial charge in [0.15, 0.2) is 11.5 Å². The highest BCUT2D eigenvalue weighted by Crippen LogP contribution is 2.36. The summed E-state index contributed by atoms with van der Waals surface area (Å²) in [5.74, 6) is 1.37. The van der Waals surface area contributed by atoms with Crippen LogP contribution in [0.25, 0.3) is 0 Å². The number of benzene rings is 1. The van der Waals surface area contributed by atoms with Crippen molar-refractivity contribution in [3.63, 3.8) is 0 Å². The monoisotopic (exact) mass is 431 g/mol. The Hall–Kier alpha value is -2.29. The minimum Gasteiger partial charge on any atom is -0.490 e. The smallest absolute Gasteiger partial charge is 0.417 e. The molecule has 0 saturated heterocycles. The Bertz CT molecular complexity index is 765. The van der Waals surface area contributed by atoms with E-state index >= 15 is 0 Å². The molecule has 26 heavy (non-hydrogen) atoms. The number of pyridine rings is 1. The first kappa shape index (κ1) is 20.0. The number of hydrogen-bond donors (Lipinski definition) is 1. The van der Waals surface area contributed by atoms with Gasteiger partial charge in [0.2, 0.25) is 0 Å².